The fraction of sp³-hybridized carbons (Fsp3) is 0.125. The van der Waals surface area contributed by atoms with E-state index in [1.54, 1.807) is 6.07 Å². The lowest BCUT2D eigenvalue weighted by Crippen LogP contribution is -1.92. The molecule has 0 atom stereocenters. The molecule has 0 saturated carbocycles. The van der Waals surface area contributed by atoms with Gasteiger partial charge in [-0.15, -0.1) is 0 Å². The number of nitrogens with zero attached hydrogens (tertiary/aromatic N) is 2. The first kappa shape index (κ1) is 13.3. The predicted octanol–water partition coefficient (Wildman–Crippen LogP) is 3.36. The average molecular weight is 283 g/mol. The van der Waals surface area contributed by atoms with Gasteiger partial charge in [0.15, 0.2) is 5.82 Å². The minimum Gasteiger partial charge on any atom is -0.396 e. The summed E-state index contributed by atoms with van der Waals surface area (Å²) >= 11 is 0. The molecule has 0 unspecified atom stereocenters. The summed E-state index contributed by atoms with van der Waals surface area (Å²) in [6.07, 6.45) is 0.585. The Hall–Kier alpha value is -2.69. The molecular formula is C16H14FN3O. The Bertz CT molecular complexity index is 783. The Kier molecular flexibility index (Phi) is 3.39. The van der Waals surface area contributed by atoms with Crippen molar-refractivity contribution in [3.05, 3.63) is 65.2 Å². The van der Waals surface area contributed by atoms with Crippen molar-refractivity contribution in [2.45, 2.75) is 13.3 Å². The van der Waals surface area contributed by atoms with Gasteiger partial charge < -0.3 is 10.3 Å². The van der Waals surface area contributed by atoms with Gasteiger partial charge in [-0.3, -0.25) is 0 Å². The summed E-state index contributed by atoms with van der Waals surface area (Å²) < 4.78 is 18.4. The summed E-state index contributed by atoms with van der Waals surface area (Å²) in [5.74, 6) is 0.459. The molecule has 0 aliphatic heterocycles. The van der Waals surface area contributed by atoms with Crippen LogP contribution in [-0.2, 0) is 6.42 Å². The molecule has 2 aromatic carbocycles. The van der Waals surface area contributed by atoms with Gasteiger partial charge in [-0.1, -0.05) is 35.0 Å². The van der Waals surface area contributed by atoms with Crippen molar-refractivity contribution in [2.75, 3.05) is 5.73 Å². The fourth-order valence-corrected chi connectivity index (χ4v) is 2.12. The zero-order valence-corrected chi connectivity index (χ0v) is 11.5. The second-order valence-corrected chi connectivity index (χ2v) is 4.92. The van der Waals surface area contributed by atoms with Gasteiger partial charge >= 0.3 is 0 Å². The van der Waals surface area contributed by atoms with Crippen LogP contribution in [0.1, 0.15) is 17.0 Å². The summed E-state index contributed by atoms with van der Waals surface area (Å²) in [6, 6.07) is 12.5. The molecule has 5 heteroatoms. The third-order valence-corrected chi connectivity index (χ3v) is 3.16. The Morgan fingerprint density at radius 3 is 2.81 bits per heavy atom. The van der Waals surface area contributed by atoms with Crippen LogP contribution in [0.25, 0.3) is 11.5 Å². The van der Waals surface area contributed by atoms with E-state index in [0.29, 0.717) is 23.7 Å². The van der Waals surface area contributed by atoms with Crippen molar-refractivity contribution in [3.63, 3.8) is 0 Å². The first-order valence-corrected chi connectivity index (χ1v) is 6.55. The highest BCUT2D eigenvalue weighted by atomic mass is 19.1. The van der Waals surface area contributed by atoms with Crippen molar-refractivity contribution < 1.29 is 8.91 Å². The number of hydrogen-bond donors (Lipinski definition) is 1. The standard InChI is InChI=1S/C16H14FN3O/c1-10-3-2-4-11(7-10)8-15-19-16(21-20-15)12-5-6-13(17)14(18)9-12/h2-7,9H,8,18H2,1H3. The maximum absolute atomic E-state index is 13.2. The van der Waals surface area contributed by atoms with E-state index < -0.39 is 5.82 Å². The zero-order chi connectivity index (χ0) is 14.8. The number of aryl methyl sites for hydroxylation is 1. The number of halogens is 1. The number of hydrogen-bond acceptors (Lipinski definition) is 4. The average Bonchev–Trinajstić information content (AvgIpc) is 2.90. The van der Waals surface area contributed by atoms with Crippen LogP contribution < -0.4 is 5.73 Å². The maximum Gasteiger partial charge on any atom is 0.258 e. The van der Waals surface area contributed by atoms with Crippen molar-refractivity contribution in [3.8, 4) is 11.5 Å². The fourth-order valence-electron chi connectivity index (χ4n) is 2.12. The predicted molar refractivity (Wildman–Crippen MR) is 78.1 cm³/mol. The van der Waals surface area contributed by atoms with Crippen LogP contribution in [0.15, 0.2) is 47.0 Å². The molecule has 21 heavy (non-hydrogen) atoms. The highest BCUT2D eigenvalue weighted by molar-refractivity contribution is 5.60. The molecular weight excluding hydrogens is 269 g/mol. The third-order valence-electron chi connectivity index (χ3n) is 3.16. The van der Waals surface area contributed by atoms with Gasteiger partial charge in [-0.05, 0) is 30.7 Å². The van der Waals surface area contributed by atoms with Gasteiger partial charge in [0.1, 0.15) is 5.82 Å². The molecule has 0 spiro atoms. The monoisotopic (exact) mass is 283 g/mol. The van der Waals surface area contributed by atoms with E-state index in [1.807, 2.05) is 25.1 Å². The van der Waals surface area contributed by atoms with Crippen molar-refractivity contribution in [2.24, 2.45) is 0 Å². The van der Waals surface area contributed by atoms with Crippen LogP contribution in [0.3, 0.4) is 0 Å². The van der Waals surface area contributed by atoms with Crippen LogP contribution in [-0.4, -0.2) is 10.1 Å². The SMILES string of the molecule is Cc1cccc(Cc2noc(-c3ccc(F)c(N)c3)n2)c1. The van der Waals surface area contributed by atoms with Crippen molar-refractivity contribution in [1.82, 2.24) is 10.1 Å². The normalized spacial score (nSPS) is 10.8. The second kappa shape index (κ2) is 5.36. The lowest BCUT2D eigenvalue weighted by Gasteiger charge is -1.98. The number of anilines is 1. The third kappa shape index (κ3) is 2.91. The first-order valence-electron chi connectivity index (χ1n) is 6.55. The summed E-state index contributed by atoms with van der Waals surface area (Å²) in [7, 11) is 0. The smallest absolute Gasteiger partial charge is 0.258 e. The van der Waals surface area contributed by atoms with E-state index >= 15 is 0 Å². The summed E-state index contributed by atoms with van der Waals surface area (Å²) in [4.78, 5) is 4.32. The van der Waals surface area contributed by atoms with E-state index in [0.717, 1.165) is 5.56 Å². The molecule has 3 rings (SSSR count). The Balaban J connectivity index is 1.84. The highest BCUT2D eigenvalue weighted by Crippen LogP contribution is 2.22. The molecule has 2 N–H and O–H groups in total. The van der Waals surface area contributed by atoms with E-state index in [1.165, 1.54) is 17.7 Å². The van der Waals surface area contributed by atoms with Gasteiger partial charge in [-0.25, -0.2) is 4.39 Å². The molecule has 4 nitrogen and oxygen atoms in total. The summed E-state index contributed by atoms with van der Waals surface area (Å²) in [5.41, 5.74) is 8.50. The molecule has 0 aliphatic rings. The van der Waals surface area contributed by atoms with Crippen LogP contribution in [0.2, 0.25) is 0 Å². The largest absolute Gasteiger partial charge is 0.396 e. The van der Waals surface area contributed by atoms with E-state index in [2.05, 4.69) is 16.2 Å². The molecule has 106 valence electrons. The van der Waals surface area contributed by atoms with E-state index in [9.17, 15) is 4.39 Å². The van der Waals surface area contributed by atoms with Gasteiger partial charge in [0.05, 0.1) is 5.69 Å². The van der Waals surface area contributed by atoms with E-state index in [-0.39, 0.29) is 5.69 Å². The minimum atomic E-state index is -0.460. The number of nitrogens with two attached hydrogens (primary N) is 1. The van der Waals surface area contributed by atoms with Crippen molar-refractivity contribution >= 4 is 5.69 Å². The molecule has 0 saturated heterocycles. The van der Waals surface area contributed by atoms with Crippen LogP contribution in [0.4, 0.5) is 10.1 Å². The lowest BCUT2D eigenvalue weighted by molar-refractivity contribution is 0.424. The van der Waals surface area contributed by atoms with Crippen LogP contribution in [0.5, 0.6) is 0 Å². The topological polar surface area (TPSA) is 64.9 Å². The maximum atomic E-state index is 13.2. The zero-order valence-electron chi connectivity index (χ0n) is 11.5. The minimum absolute atomic E-state index is 0.0611. The Morgan fingerprint density at radius 2 is 2.05 bits per heavy atom. The molecule has 0 amide bonds. The van der Waals surface area contributed by atoms with E-state index in [4.69, 9.17) is 10.3 Å². The van der Waals surface area contributed by atoms with Crippen LogP contribution >= 0.6 is 0 Å². The highest BCUT2D eigenvalue weighted by Gasteiger charge is 2.11. The summed E-state index contributed by atoms with van der Waals surface area (Å²) in [5, 5.41) is 3.95. The van der Waals surface area contributed by atoms with Crippen LogP contribution in [0, 0.1) is 12.7 Å². The Labute approximate surface area is 121 Å². The van der Waals surface area contributed by atoms with Gasteiger partial charge in [0.2, 0.25) is 0 Å². The molecule has 3 aromatic rings. The lowest BCUT2D eigenvalue weighted by atomic mass is 10.1. The molecule has 0 aliphatic carbocycles. The first-order chi connectivity index (χ1) is 10.1. The number of aromatic nitrogens is 2. The molecule has 1 aromatic heterocycles. The van der Waals surface area contributed by atoms with Crippen molar-refractivity contribution in [1.29, 1.82) is 0 Å². The molecule has 0 fully saturated rings. The number of benzene rings is 2. The Morgan fingerprint density at radius 1 is 1.19 bits per heavy atom. The molecule has 0 radical (unpaired) electrons. The number of nitrogen functional groups attached to an aromatic ring is 1. The molecule has 1 heterocycles. The quantitative estimate of drug-likeness (QED) is 0.748. The second-order valence-electron chi connectivity index (χ2n) is 4.92. The molecule has 0 bridgehead atoms. The number of rotatable bonds is 3. The summed E-state index contributed by atoms with van der Waals surface area (Å²) in [6.45, 7) is 2.03. The van der Waals surface area contributed by atoms with Gasteiger partial charge in [-0.2, -0.15) is 4.98 Å². The van der Waals surface area contributed by atoms with Gasteiger partial charge in [0, 0.05) is 12.0 Å². The van der Waals surface area contributed by atoms with Gasteiger partial charge in [0.25, 0.3) is 5.89 Å².